The summed E-state index contributed by atoms with van der Waals surface area (Å²) in [6.07, 6.45) is -5.82. The zero-order valence-electron chi connectivity index (χ0n) is 7.09. The SMILES string of the molecule is O=C([O-])OO.O=C([O-])OO.O=C([O-])OO.[Al+3]. The van der Waals surface area contributed by atoms with E-state index in [4.69, 9.17) is 45.5 Å². The van der Waals surface area contributed by atoms with Gasteiger partial charge in [0.2, 0.25) is 0 Å². The number of carboxylic acid groups (broad SMARTS) is 3. The summed E-state index contributed by atoms with van der Waals surface area (Å²) in [5, 5.41) is 47.3. The number of carbonyl (C=O) groups excluding carboxylic acids is 3. The van der Waals surface area contributed by atoms with Crippen LogP contribution in [0.2, 0.25) is 0 Å². The monoisotopic (exact) mass is 258 g/mol. The van der Waals surface area contributed by atoms with Gasteiger partial charge in [0, 0.05) is 0 Å². The molecule has 0 aliphatic rings. The maximum Gasteiger partial charge on any atom is 3.00 e. The van der Waals surface area contributed by atoms with Crippen molar-refractivity contribution in [3.8, 4) is 0 Å². The van der Waals surface area contributed by atoms with Crippen LogP contribution in [0.25, 0.3) is 0 Å². The minimum absolute atomic E-state index is 0. The third-order valence-corrected chi connectivity index (χ3v) is 0.224. The van der Waals surface area contributed by atoms with Gasteiger partial charge >= 0.3 is 17.4 Å². The van der Waals surface area contributed by atoms with E-state index in [1.807, 2.05) is 0 Å². The van der Waals surface area contributed by atoms with Crippen molar-refractivity contribution in [3.63, 3.8) is 0 Å². The molecule has 0 heterocycles. The quantitative estimate of drug-likeness (QED) is 0.164. The van der Waals surface area contributed by atoms with Crippen LogP contribution in [0.3, 0.4) is 0 Å². The van der Waals surface area contributed by atoms with Gasteiger partial charge in [-0.2, -0.15) is 0 Å². The molecule has 13 heteroatoms. The Hall–Kier alpha value is -1.78. The first kappa shape index (κ1) is 23.8. The summed E-state index contributed by atoms with van der Waals surface area (Å²) < 4.78 is 0. The summed E-state index contributed by atoms with van der Waals surface area (Å²) in [6, 6.07) is 0. The first-order valence-corrected chi connectivity index (χ1v) is 2.38. The van der Waals surface area contributed by atoms with Crippen molar-refractivity contribution < 1.29 is 60.1 Å². The van der Waals surface area contributed by atoms with E-state index in [1.54, 1.807) is 0 Å². The van der Waals surface area contributed by atoms with Crippen molar-refractivity contribution in [3.05, 3.63) is 0 Å². The number of hydrogen-bond acceptors (Lipinski definition) is 12. The minimum Gasteiger partial charge on any atom is -0.424 e. The maximum absolute atomic E-state index is 8.78. The van der Waals surface area contributed by atoms with Crippen LogP contribution in [-0.2, 0) is 14.7 Å². The fourth-order valence-electron chi connectivity index (χ4n) is 0. The molecule has 0 aliphatic heterocycles. The normalized spacial score (nSPS) is 6.19. The van der Waals surface area contributed by atoms with Crippen molar-refractivity contribution in [2.45, 2.75) is 0 Å². The van der Waals surface area contributed by atoms with Crippen LogP contribution >= 0.6 is 0 Å². The molecule has 0 spiro atoms. The molecule has 0 unspecified atom stereocenters. The van der Waals surface area contributed by atoms with Crippen LogP contribution in [0.15, 0.2) is 0 Å². The molecule has 0 rings (SSSR count). The number of hydrogen-bond donors (Lipinski definition) is 3. The van der Waals surface area contributed by atoms with Crippen molar-refractivity contribution in [1.29, 1.82) is 0 Å². The molecule has 0 saturated heterocycles. The molecule has 0 bridgehead atoms. The van der Waals surface area contributed by atoms with Crippen LogP contribution < -0.4 is 15.3 Å². The minimum atomic E-state index is -1.94. The van der Waals surface area contributed by atoms with E-state index in [0.717, 1.165) is 0 Å². The molecular weight excluding hydrogens is 255 g/mol. The second-order valence-electron chi connectivity index (χ2n) is 1.02. The van der Waals surface area contributed by atoms with Gasteiger partial charge in [-0.1, -0.05) is 0 Å². The van der Waals surface area contributed by atoms with Crippen molar-refractivity contribution in [2.75, 3.05) is 0 Å². The predicted molar refractivity (Wildman–Crippen MR) is 33.1 cm³/mol. The summed E-state index contributed by atoms with van der Waals surface area (Å²) in [4.78, 5) is 34.0. The zero-order chi connectivity index (χ0) is 12.9. The molecule has 0 saturated carbocycles. The van der Waals surface area contributed by atoms with Gasteiger partial charge in [-0.05, 0) is 0 Å². The van der Waals surface area contributed by atoms with Crippen LogP contribution in [0.5, 0.6) is 0 Å². The van der Waals surface area contributed by atoms with E-state index in [2.05, 4.69) is 14.7 Å². The van der Waals surface area contributed by atoms with Gasteiger partial charge < -0.3 is 44.4 Å². The van der Waals surface area contributed by atoms with Gasteiger partial charge in [0.05, 0.1) is 0 Å². The Morgan fingerprint density at radius 2 is 0.750 bits per heavy atom. The summed E-state index contributed by atoms with van der Waals surface area (Å²) in [5.41, 5.74) is 0. The standard InChI is InChI=1S/3CH2O4.Al/c3*2-1(3)5-4;/h3*4H,(H,2,3);/q;;;+3/p-3. The molecule has 0 radical (unpaired) electrons. The summed E-state index contributed by atoms with van der Waals surface area (Å²) in [6.45, 7) is 0. The molecule has 0 amide bonds. The maximum atomic E-state index is 8.78. The van der Waals surface area contributed by atoms with E-state index in [0.29, 0.717) is 0 Å². The molecular formula is C3H3AlO12. The molecule has 12 nitrogen and oxygen atoms in total. The smallest absolute Gasteiger partial charge is 0.424 e. The number of rotatable bonds is 0. The Morgan fingerprint density at radius 1 is 0.688 bits per heavy atom. The molecule has 0 fully saturated rings. The fraction of sp³-hybridized carbons (Fsp3) is 0. The predicted octanol–water partition coefficient (Wildman–Crippen LogP) is -3.92. The van der Waals surface area contributed by atoms with Crippen molar-refractivity contribution >= 4 is 35.8 Å². The molecule has 16 heavy (non-hydrogen) atoms. The first-order chi connectivity index (χ1) is 6.81. The molecule has 3 N–H and O–H groups in total. The molecule has 0 aromatic heterocycles. The Kier molecular flexibility index (Phi) is 28.1. The summed E-state index contributed by atoms with van der Waals surface area (Å²) in [5.74, 6) is 0. The van der Waals surface area contributed by atoms with Gasteiger partial charge in [0.25, 0.3) is 18.5 Å². The zero-order valence-corrected chi connectivity index (χ0v) is 8.25. The summed E-state index contributed by atoms with van der Waals surface area (Å²) >= 11 is 0. The van der Waals surface area contributed by atoms with Gasteiger partial charge in [-0.15, -0.1) is 0 Å². The van der Waals surface area contributed by atoms with E-state index in [-0.39, 0.29) is 17.4 Å². The van der Waals surface area contributed by atoms with Crippen LogP contribution in [0.1, 0.15) is 0 Å². The van der Waals surface area contributed by atoms with Gasteiger partial charge in [-0.25, -0.2) is 0 Å². The summed E-state index contributed by atoms with van der Waals surface area (Å²) in [7, 11) is 0. The second kappa shape index (κ2) is 18.9. The van der Waals surface area contributed by atoms with Crippen LogP contribution in [-0.4, -0.2) is 51.6 Å². The van der Waals surface area contributed by atoms with Gasteiger partial charge in [0.15, 0.2) is 0 Å². The third-order valence-electron chi connectivity index (χ3n) is 0.224. The fourth-order valence-corrected chi connectivity index (χ4v) is 0. The van der Waals surface area contributed by atoms with E-state index in [1.165, 1.54) is 0 Å². The largest absolute Gasteiger partial charge is 3.00 e. The Labute approximate surface area is 96.7 Å². The van der Waals surface area contributed by atoms with E-state index in [9.17, 15) is 0 Å². The topological polar surface area (TPSA) is 209 Å². The van der Waals surface area contributed by atoms with Gasteiger partial charge in [0.1, 0.15) is 0 Å². The molecule has 0 aromatic carbocycles. The molecule has 0 atom stereocenters. The van der Waals surface area contributed by atoms with Crippen LogP contribution in [0, 0.1) is 0 Å². The second-order valence-corrected chi connectivity index (χ2v) is 1.02. The van der Waals surface area contributed by atoms with Crippen molar-refractivity contribution in [1.82, 2.24) is 0 Å². The average Bonchev–Trinajstić information content (AvgIpc) is 2.19. The van der Waals surface area contributed by atoms with Gasteiger partial charge in [-0.3, -0.25) is 15.8 Å². The Bertz CT molecular complexity index is 155. The molecule has 0 aromatic rings. The van der Waals surface area contributed by atoms with Crippen LogP contribution in [0.4, 0.5) is 14.4 Å². The van der Waals surface area contributed by atoms with E-state index < -0.39 is 18.5 Å². The first-order valence-electron chi connectivity index (χ1n) is 2.38. The Morgan fingerprint density at radius 3 is 0.750 bits per heavy atom. The molecule has 90 valence electrons. The number of carbonyl (C=O) groups is 3. The Balaban J connectivity index is -0.0000000655. The average molecular weight is 258 g/mol. The van der Waals surface area contributed by atoms with Crippen molar-refractivity contribution in [2.24, 2.45) is 0 Å². The van der Waals surface area contributed by atoms with E-state index >= 15 is 0 Å². The third kappa shape index (κ3) is 86.3. The molecule has 0 aliphatic carbocycles.